The van der Waals surface area contributed by atoms with Gasteiger partial charge in [0.1, 0.15) is 11.4 Å². The number of rotatable bonds is 6. The zero-order valence-electron chi connectivity index (χ0n) is 17.1. The number of pyridine rings is 1. The van der Waals surface area contributed by atoms with Crippen molar-refractivity contribution in [3.8, 4) is 0 Å². The quantitative estimate of drug-likeness (QED) is 0.800. The van der Waals surface area contributed by atoms with Gasteiger partial charge in [-0.15, -0.1) is 0 Å². The molecule has 0 saturated carbocycles. The number of nitrogens with one attached hydrogen (secondary N) is 1. The summed E-state index contributed by atoms with van der Waals surface area (Å²) in [6, 6.07) is 7.28. The maximum atomic E-state index is 13.3. The summed E-state index contributed by atoms with van der Waals surface area (Å²) >= 11 is 0. The lowest BCUT2D eigenvalue weighted by atomic mass is 10.2. The number of aromatic amines is 1. The minimum Gasteiger partial charge on any atom is -0.443 e. The molecule has 0 unspecified atom stereocenters. The molecule has 2 aromatic rings. The van der Waals surface area contributed by atoms with E-state index in [1.165, 1.54) is 29.2 Å². The highest BCUT2D eigenvalue weighted by molar-refractivity contribution is 5.87. The van der Waals surface area contributed by atoms with Crippen molar-refractivity contribution in [3.63, 3.8) is 0 Å². The van der Waals surface area contributed by atoms with E-state index >= 15 is 0 Å². The van der Waals surface area contributed by atoms with E-state index in [1.54, 1.807) is 33.0 Å². The number of H-pyrrole nitrogens is 1. The van der Waals surface area contributed by atoms with Crippen molar-refractivity contribution in [2.75, 3.05) is 22.9 Å². The summed E-state index contributed by atoms with van der Waals surface area (Å²) in [6.07, 6.45) is 1.06. The molecule has 7 heteroatoms. The summed E-state index contributed by atoms with van der Waals surface area (Å²) in [6.45, 7) is 10.9. The number of anilines is 2. The summed E-state index contributed by atoms with van der Waals surface area (Å²) < 4.78 is 18.8. The number of amides is 1. The Labute approximate surface area is 164 Å². The fourth-order valence-electron chi connectivity index (χ4n) is 2.78. The van der Waals surface area contributed by atoms with E-state index in [4.69, 9.17) is 4.74 Å². The first-order chi connectivity index (χ1) is 13.1. The molecule has 1 aromatic carbocycles. The fraction of sp³-hybridized carbons (Fsp3) is 0.429. The van der Waals surface area contributed by atoms with Crippen molar-refractivity contribution >= 4 is 17.5 Å². The largest absolute Gasteiger partial charge is 0.443 e. The van der Waals surface area contributed by atoms with Gasteiger partial charge in [-0.05, 0) is 65.0 Å². The van der Waals surface area contributed by atoms with Gasteiger partial charge < -0.3 is 14.6 Å². The van der Waals surface area contributed by atoms with E-state index < -0.39 is 17.5 Å². The van der Waals surface area contributed by atoms with Crippen molar-refractivity contribution in [2.45, 2.75) is 46.8 Å². The summed E-state index contributed by atoms with van der Waals surface area (Å²) in [4.78, 5) is 31.3. The minimum atomic E-state index is -0.704. The highest BCUT2D eigenvalue weighted by atomic mass is 19.1. The zero-order chi connectivity index (χ0) is 20.9. The monoisotopic (exact) mass is 389 g/mol. The summed E-state index contributed by atoms with van der Waals surface area (Å²) in [5.74, 6) is -0.408. The first-order valence-electron chi connectivity index (χ1n) is 9.37. The summed E-state index contributed by atoms with van der Waals surface area (Å²) in [5.41, 5.74) is 0.738. The molecule has 152 valence electrons. The molecule has 0 aliphatic heterocycles. The van der Waals surface area contributed by atoms with Gasteiger partial charge in [-0.2, -0.15) is 0 Å². The molecule has 1 heterocycles. The third-order valence-electron chi connectivity index (χ3n) is 4.17. The van der Waals surface area contributed by atoms with Crippen LogP contribution < -0.4 is 15.4 Å². The van der Waals surface area contributed by atoms with E-state index in [1.807, 2.05) is 13.8 Å². The molecule has 0 atom stereocenters. The van der Waals surface area contributed by atoms with Crippen LogP contribution >= 0.6 is 0 Å². The van der Waals surface area contributed by atoms with Crippen LogP contribution in [0.5, 0.6) is 0 Å². The molecule has 1 aromatic heterocycles. The molecule has 0 bridgehead atoms. The van der Waals surface area contributed by atoms with Crippen LogP contribution in [0.15, 0.2) is 41.3 Å². The van der Waals surface area contributed by atoms with Gasteiger partial charge >= 0.3 is 6.09 Å². The smallest absolute Gasteiger partial charge is 0.415 e. The van der Waals surface area contributed by atoms with Crippen LogP contribution in [0.25, 0.3) is 0 Å². The molecule has 6 nitrogen and oxygen atoms in total. The van der Waals surface area contributed by atoms with Crippen molar-refractivity contribution in [1.29, 1.82) is 0 Å². The van der Waals surface area contributed by atoms with Gasteiger partial charge in [0, 0.05) is 30.5 Å². The van der Waals surface area contributed by atoms with Crippen LogP contribution in [0.2, 0.25) is 0 Å². The number of hydrogen-bond donors (Lipinski definition) is 1. The Bertz CT molecular complexity index is 852. The van der Waals surface area contributed by atoms with Crippen LogP contribution in [0, 0.1) is 5.82 Å². The highest BCUT2D eigenvalue weighted by Gasteiger charge is 2.25. The van der Waals surface area contributed by atoms with Crippen LogP contribution in [0.3, 0.4) is 0 Å². The van der Waals surface area contributed by atoms with E-state index in [0.717, 1.165) is 18.8 Å². The number of nitrogens with zero attached hydrogens (tertiary/aromatic N) is 2. The Morgan fingerprint density at radius 1 is 1.11 bits per heavy atom. The Hall–Kier alpha value is -2.83. The van der Waals surface area contributed by atoms with Gasteiger partial charge in [-0.3, -0.25) is 9.69 Å². The van der Waals surface area contributed by atoms with E-state index in [2.05, 4.69) is 9.88 Å². The molecular weight excluding hydrogens is 361 g/mol. The number of hydrogen-bond acceptors (Lipinski definition) is 4. The van der Waals surface area contributed by atoms with Crippen LogP contribution in [0.4, 0.5) is 20.6 Å². The first kappa shape index (κ1) is 21.5. The highest BCUT2D eigenvalue weighted by Crippen LogP contribution is 2.22. The number of carbonyl (C=O) groups is 1. The number of benzene rings is 1. The van der Waals surface area contributed by atoms with Crippen molar-refractivity contribution in [1.82, 2.24) is 4.98 Å². The molecule has 0 radical (unpaired) electrons. The van der Waals surface area contributed by atoms with Crippen LogP contribution in [0.1, 0.15) is 40.2 Å². The Balaban J connectivity index is 2.42. The Morgan fingerprint density at radius 2 is 1.71 bits per heavy atom. The number of halogens is 1. The third-order valence-corrected chi connectivity index (χ3v) is 4.17. The van der Waals surface area contributed by atoms with E-state index in [-0.39, 0.29) is 12.1 Å². The summed E-state index contributed by atoms with van der Waals surface area (Å²) in [5, 5.41) is 0. The average Bonchev–Trinajstić information content (AvgIpc) is 2.62. The Kier molecular flexibility index (Phi) is 6.83. The van der Waals surface area contributed by atoms with Gasteiger partial charge in [0.25, 0.3) is 5.56 Å². The molecule has 0 spiro atoms. The van der Waals surface area contributed by atoms with Crippen molar-refractivity contribution in [3.05, 3.63) is 58.3 Å². The maximum Gasteiger partial charge on any atom is 0.415 e. The standard InChI is InChI=1S/C21H28FN3O3/c1-6-24(7-2)18-12-15(19(26)23-13-18)14-25(20(27)28-21(3,4)5)17-10-8-16(22)9-11-17/h8-13H,6-7,14H2,1-5H3,(H,23,26). The molecular formula is C21H28FN3O3. The van der Waals surface area contributed by atoms with E-state index in [9.17, 15) is 14.0 Å². The molecule has 28 heavy (non-hydrogen) atoms. The first-order valence-corrected chi connectivity index (χ1v) is 9.37. The third kappa shape index (κ3) is 5.58. The molecule has 1 amide bonds. The lowest BCUT2D eigenvalue weighted by Crippen LogP contribution is -2.38. The second-order valence-corrected chi connectivity index (χ2v) is 7.43. The topological polar surface area (TPSA) is 65.6 Å². The number of aromatic nitrogens is 1. The lowest BCUT2D eigenvalue weighted by molar-refractivity contribution is 0.0577. The maximum absolute atomic E-state index is 13.3. The van der Waals surface area contributed by atoms with Gasteiger partial charge in [0.05, 0.1) is 12.2 Å². The van der Waals surface area contributed by atoms with Gasteiger partial charge in [0.15, 0.2) is 0 Å². The van der Waals surface area contributed by atoms with Gasteiger partial charge in [0.2, 0.25) is 0 Å². The molecule has 0 aliphatic rings. The molecule has 1 N–H and O–H groups in total. The van der Waals surface area contributed by atoms with Gasteiger partial charge in [-0.1, -0.05) is 0 Å². The predicted octanol–water partition coefficient (Wildman–Crippen LogP) is 4.30. The van der Waals surface area contributed by atoms with E-state index in [0.29, 0.717) is 11.3 Å². The second kappa shape index (κ2) is 8.91. The normalized spacial score (nSPS) is 11.2. The minimum absolute atomic E-state index is 0.00495. The molecule has 0 aliphatic carbocycles. The van der Waals surface area contributed by atoms with Crippen LogP contribution in [-0.4, -0.2) is 29.8 Å². The SMILES string of the molecule is CCN(CC)c1c[nH]c(=O)c(CN(C(=O)OC(C)(C)C)c2ccc(F)cc2)c1. The molecule has 0 saturated heterocycles. The average molecular weight is 389 g/mol. The molecule has 2 rings (SSSR count). The molecule has 0 fully saturated rings. The lowest BCUT2D eigenvalue weighted by Gasteiger charge is -2.28. The summed E-state index contributed by atoms with van der Waals surface area (Å²) in [7, 11) is 0. The van der Waals surface area contributed by atoms with Gasteiger partial charge in [-0.25, -0.2) is 9.18 Å². The van der Waals surface area contributed by atoms with Crippen molar-refractivity contribution < 1.29 is 13.9 Å². The second-order valence-electron chi connectivity index (χ2n) is 7.43. The zero-order valence-corrected chi connectivity index (χ0v) is 17.1. The Morgan fingerprint density at radius 3 is 2.25 bits per heavy atom. The fourth-order valence-corrected chi connectivity index (χ4v) is 2.78. The van der Waals surface area contributed by atoms with Crippen LogP contribution in [-0.2, 0) is 11.3 Å². The van der Waals surface area contributed by atoms with Crippen molar-refractivity contribution in [2.24, 2.45) is 0 Å². The number of carbonyl (C=O) groups excluding carboxylic acids is 1. The predicted molar refractivity (Wildman–Crippen MR) is 109 cm³/mol. The number of ether oxygens (including phenoxy) is 1.